The highest BCUT2D eigenvalue weighted by Gasteiger charge is 2.38. The van der Waals surface area contributed by atoms with E-state index >= 15 is 0 Å². The van der Waals surface area contributed by atoms with Crippen LogP contribution in [0.5, 0.6) is 0 Å². The Hall–Kier alpha value is -1.64. The van der Waals surface area contributed by atoms with Crippen molar-refractivity contribution in [1.29, 1.82) is 0 Å². The zero-order chi connectivity index (χ0) is 17.9. The SMILES string of the molecule is CCOC(=O)CCCC[C@@H]1SC[C@@H](NC(=O)OC)[C@@H]1NC(=O)OC. The third-order valence-corrected chi connectivity index (χ3v) is 5.22. The zero-order valence-corrected chi connectivity index (χ0v) is 15.1. The summed E-state index contributed by atoms with van der Waals surface area (Å²) in [4.78, 5) is 34.3. The molecule has 0 bridgehead atoms. The van der Waals surface area contributed by atoms with Crippen molar-refractivity contribution >= 4 is 29.9 Å². The molecule has 1 saturated heterocycles. The highest BCUT2D eigenvalue weighted by atomic mass is 32.2. The van der Waals surface area contributed by atoms with Crippen molar-refractivity contribution in [1.82, 2.24) is 10.6 Å². The highest BCUT2D eigenvalue weighted by Crippen LogP contribution is 2.31. The maximum absolute atomic E-state index is 11.6. The smallest absolute Gasteiger partial charge is 0.407 e. The van der Waals surface area contributed by atoms with Gasteiger partial charge in [-0.05, 0) is 19.8 Å². The van der Waals surface area contributed by atoms with Gasteiger partial charge in [-0.3, -0.25) is 4.79 Å². The van der Waals surface area contributed by atoms with Crippen molar-refractivity contribution in [3.05, 3.63) is 0 Å². The number of methoxy groups -OCH3 is 2. The van der Waals surface area contributed by atoms with Crippen molar-refractivity contribution in [2.75, 3.05) is 26.6 Å². The Morgan fingerprint density at radius 1 is 1.08 bits per heavy atom. The molecule has 1 aliphatic heterocycles. The van der Waals surface area contributed by atoms with Crippen molar-refractivity contribution in [3.63, 3.8) is 0 Å². The molecule has 1 heterocycles. The second-order valence-electron chi connectivity index (χ2n) is 5.33. The van der Waals surface area contributed by atoms with Gasteiger partial charge in [-0.1, -0.05) is 6.42 Å². The molecule has 0 spiro atoms. The molecule has 0 saturated carbocycles. The maximum Gasteiger partial charge on any atom is 0.407 e. The number of esters is 1. The van der Waals surface area contributed by atoms with Gasteiger partial charge in [-0.15, -0.1) is 0 Å². The summed E-state index contributed by atoms with van der Waals surface area (Å²) in [6, 6.07) is -0.472. The number of ether oxygens (including phenoxy) is 3. The van der Waals surface area contributed by atoms with Crippen LogP contribution in [0.15, 0.2) is 0 Å². The average Bonchev–Trinajstić information content (AvgIpc) is 2.93. The van der Waals surface area contributed by atoms with E-state index in [0.717, 1.165) is 19.3 Å². The number of amides is 2. The first kappa shape index (κ1) is 20.4. The lowest BCUT2D eigenvalue weighted by molar-refractivity contribution is -0.143. The summed E-state index contributed by atoms with van der Waals surface area (Å²) in [7, 11) is 2.60. The summed E-state index contributed by atoms with van der Waals surface area (Å²) >= 11 is 1.68. The number of carbonyl (C=O) groups excluding carboxylic acids is 3. The number of unbranched alkanes of at least 4 members (excludes halogenated alkanes) is 1. The minimum atomic E-state index is -0.532. The van der Waals surface area contributed by atoms with Gasteiger partial charge in [-0.2, -0.15) is 11.8 Å². The molecule has 0 aromatic rings. The number of alkyl carbamates (subject to hydrolysis) is 2. The standard InChI is InChI=1S/C15H26N2O6S/c1-4-23-12(18)8-6-5-7-11-13(17-15(20)22-3)10(9-24-11)16-14(19)21-2/h10-11,13H,4-9H2,1-3H3,(H,16,19)(H,17,20)/t10-,11+,13+/m1/s1. The fraction of sp³-hybridized carbons (Fsp3) is 0.800. The third-order valence-electron chi connectivity index (χ3n) is 3.71. The second-order valence-corrected chi connectivity index (χ2v) is 6.60. The van der Waals surface area contributed by atoms with Crippen molar-refractivity contribution < 1.29 is 28.6 Å². The first-order chi connectivity index (χ1) is 11.5. The maximum atomic E-state index is 11.6. The molecule has 3 atom stereocenters. The van der Waals surface area contributed by atoms with Gasteiger partial charge in [0.15, 0.2) is 0 Å². The van der Waals surface area contributed by atoms with Gasteiger partial charge >= 0.3 is 18.2 Å². The quantitative estimate of drug-likeness (QED) is 0.385. The zero-order valence-electron chi connectivity index (χ0n) is 14.3. The van der Waals surface area contributed by atoms with Crippen molar-refractivity contribution in [2.24, 2.45) is 0 Å². The van der Waals surface area contributed by atoms with E-state index in [9.17, 15) is 14.4 Å². The Kier molecular flexibility index (Phi) is 9.36. The van der Waals surface area contributed by atoms with Gasteiger partial charge in [-0.25, -0.2) is 9.59 Å². The topological polar surface area (TPSA) is 103 Å². The average molecular weight is 362 g/mol. The van der Waals surface area contributed by atoms with E-state index in [1.807, 2.05) is 0 Å². The largest absolute Gasteiger partial charge is 0.466 e. The van der Waals surface area contributed by atoms with Crippen LogP contribution in [0.1, 0.15) is 32.6 Å². The van der Waals surface area contributed by atoms with E-state index in [2.05, 4.69) is 20.1 Å². The lowest BCUT2D eigenvalue weighted by Crippen LogP contribution is -2.53. The van der Waals surface area contributed by atoms with E-state index < -0.39 is 12.2 Å². The first-order valence-corrected chi connectivity index (χ1v) is 9.02. The summed E-state index contributed by atoms with van der Waals surface area (Å²) in [5.74, 6) is 0.484. The number of nitrogens with one attached hydrogen (secondary N) is 2. The summed E-state index contributed by atoms with van der Waals surface area (Å²) in [6.45, 7) is 2.17. The van der Waals surface area contributed by atoms with Crippen molar-refractivity contribution in [2.45, 2.75) is 49.9 Å². The molecule has 0 aliphatic carbocycles. The molecule has 2 N–H and O–H groups in total. The molecule has 9 heteroatoms. The van der Waals surface area contributed by atoms with E-state index in [4.69, 9.17) is 4.74 Å². The van der Waals surface area contributed by atoms with E-state index in [1.54, 1.807) is 18.7 Å². The molecule has 2 amide bonds. The molecular weight excluding hydrogens is 336 g/mol. The number of hydrogen-bond acceptors (Lipinski definition) is 7. The van der Waals surface area contributed by atoms with Gasteiger partial charge in [0.05, 0.1) is 32.9 Å². The Balaban J connectivity index is 2.49. The number of carbonyl (C=O) groups is 3. The molecule has 24 heavy (non-hydrogen) atoms. The normalized spacial score (nSPS) is 22.5. The van der Waals surface area contributed by atoms with Crippen LogP contribution in [0.4, 0.5) is 9.59 Å². The molecule has 138 valence electrons. The van der Waals surface area contributed by atoms with Crippen LogP contribution in [-0.4, -0.2) is 62.1 Å². The van der Waals surface area contributed by atoms with Crippen LogP contribution < -0.4 is 10.6 Å². The van der Waals surface area contributed by atoms with Gasteiger partial charge in [0, 0.05) is 17.4 Å². The fourth-order valence-electron chi connectivity index (χ4n) is 2.53. The molecule has 0 aromatic heterocycles. The lowest BCUT2D eigenvalue weighted by Gasteiger charge is -2.24. The summed E-state index contributed by atoms with van der Waals surface area (Å²) < 4.78 is 14.2. The van der Waals surface area contributed by atoms with E-state index in [0.29, 0.717) is 18.8 Å². The van der Waals surface area contributed by atoms with Gasteiger partial charge < -0.3 is 24.8 Å². The molecule has 1 fully saturated rings. The van der Waals surface area contributed by atoms with E-state index in [1.165, 1.54) is 14.2 Å². The van der Waals surface area contributed by atoms with Crippen LogP contribution in [0.2, 0.25) is 0 Å². The van der Waals surface area contributed by atoms with Gasteiger partial charge in [0.1, 0.15) is 0 Å². The van der Waals surface area contributed by atoms with Crippen LogP contribution in [0, 0.1) is 0 Å². The second kappa shape index (κ2) is 11.0. The minimum Gasteiger partial charge on any atom is -0.466 e. The fourth-order valence-corrected chi connectivity index (χ4v) is 4.08. The molecule has 1 rings (SSSR count). The van der Waals surface area contributed by atoms with Gasteiger partial charge in [0.25, 0.3) is 0 Å². The number of hydrogen-bond donors (Lipinski definition) is 2. The molecule has 0 aromatic carbocycles. The van der Waals surface area contributed by atoms with Crippen LogP contribution in [-0.2, 0) is 19.0 Å². The number of thioether (sulfide) groups is 1. The number of rotatable bonds is 8. The summed E-state index contributed by atoms with van der Waals surface area (Å²) in [5, 5.41) is 5.65. The predicted molar refractivity (Wildman–Crippen MR) is 90.0 cm³/mol. The monoisotopic (exact) mass is 362 g/mol. The lowest BCUT2D eigenvalue weighted by atomic mass is 10.0. The first-order valence-electron chi connectivity index (χ1n) is 7.98. The van der Waals surface area contributed by atoms with Crippen LogP contribution in [0.3, 0.4) is 0 Å². The highest BCUT2D eigenvalue weighted by molar-refractivity contribution is 8.00. The Bertz CT molecular complexity index is 434. The van der Waals surface area contributed by atoms with E-state index in [-0.39, 0.29) is 23.3 Å². The molecule has 0 radical (unpaired) electrons. The third kappa shape index (κ3) is 6.86. The van der Waals surface area contributed by atoms with Crippen molar-refractivity contribution in [3.8, 4) is 0 Å². The molecular formula is C15H26N2O6S. The molecule has 1 aliphatic rings. The minimum absolute atomic E-state index is 0.133. The summed E-state index contributed by atoms with van der Waals surface area (Å²) in [5.41, 5.74) is 0. The Labute approximate surface area is 146 Å². The molecule has 0 unspecified atom stereocenters. The Morgan fingerprint density at radius 3 is 2.38 bits per heavy atom. The summed E-state index contributed by atoms with van der Waals surface area (Å²) in [6.07, 6.45) is 1.72. The Morgan fingerprint density at radius 2 is 1.75 bits per heavy atom. The molecule has 8 nitrogen and oxygen atoms in total. The van der Waals surface area contributed by atoms with Crippen LogP contribution in [0.25, 0.3) is 0 Å². The van der Waals surface area contributed by atoms with Gasteiger partial charge in [0.2, 0.25) is 0 Å². The predicted octanol–water partition coefficient (Wildman–Crippen LogP) is 1.67. The van der Waals surface area contributed by atoms with Crippen LogP contribution >= 0.6 is 11.8 Å².